The van der Waals surface area contributed by atoms with E-state index >= 15 is 0 Å². The molecule has 0 radical (unpaired) electrons. The van der Waals surface area contributed by atoms with Crippen LogP contribution in [-0.4, -0.2) is 5.66 Å². The van der Waals surface area contributed by atoms with Gasteiger partial charge in [-0.2, -0.15) is 0 Å². The van der Waals surface area contributed by atoms with E-state index in [1.807, 2.05) is 66.7 Å². The van der Waals surface area contributed by atoms with Crippen molar-refractivity contribution in [3.63, 3.8) is 0 Å². The summed E-state index contributed by atoms with van der Waals surface area (Å²) in [6.45, 7) is 4.30. The van der Waals surface area contributed by atoms with Crippen molar-refractivity contribution in [2.75, 3.05) is 0 Å². The molecule has 0 bridgehead atoms. The zero-order chi connectivity index (χ0) is 17.0. The van der Waals surface area contributed by atoms with E-state index in [9.17, 15) is 4.57 Å². The lowest BCUT2D eigenvalue weighted by Crippen LogP contribution is -2.27. The van der Waals surface area contributed by atoms with Crippen molar-refractivity contribution in [1.82, 2.24) is 0 Å². The first kappa shape index (κ1) is 16.7. The normalized spacial score (nSPS) is 14.1. The number of rotatable bonds is 5. The van der Waals surface area contributed by atoms with Gasteiger partial charge in [0, 0.05) is 16.3 Å². The Bertz CT molecular complexity index is 769. The average Bonchev–Trinajstić information content (AvgIpc) is 2.68. The summed E-state index contributed by atoms with van der Waals surface area (Å²) in [5, 5.41) is 1.87. The Morgan fingerprint density at radius 3 is 1.42 bits per heavy atom. The van der Waals surface area contributed by atoms with E-state index in [2.05, 4.69) is 38.1 Å². The third kappa shape index (κ3) is 3.09. The van der Waals surface area contributed by atoms with Gasteiger partial charge in [0.05, 0.1) is 0 Å². The maximum absolute atomic E-state index is 14.3. The summed E-state index contributed by atoms with van der Waals surface area (Å²) in [5.41, 5.74) is 1.25. The predicted octanol–water partition coefficient (Wildman–Crippen LogP) is 5.19. The van der Waals surface area contributed by atoms with Gasteiger partial charge in [-0.1, -0.05) is 105 Å². The zero-order valence-electron chi connectivity index (χ0n) is 14.2. The van der Waals surface area contributed by atoms with Crippen LogP contribution in [0.15, 0.2) is 91.0 Å². The molecule has 0 fully saturated rings. The molecule has 3 rings (SSSR count). The first-order chi connectivity index (χ1) is 11.6. The van der Waals surface area contributed by atoms with Crippen LogP contribution < -0.4 is 10.6 Å². The van der Waals surface area contributed by atoms with Gasteiger partial charge in [0.1, 0.15) is 7.14 Å². The minimum atomic E-state index is -2.74. The average molecular weight is 334 g/mol. The number of benzene rings is 3. The van der Waals surface area contributed by atoms with Crippen molar-refractivity contribution in [2.45, 2.75) is 25.4 Å². The number of hydrogen-bond donors (Lipinski definition) is 0. The molecule has 1 nitrogen and oxygen atoms in total. The van der Waals surface area contributed by atoms with Crippen LogP contribution in [0.1, 0.15) is 25.3 Å². The Hall–Kier alpha value is -2.11. The molecule has 0 saturated carbocycles. The molecule has 24 heavy (non-hydrogen) atoms. The Kier molecular flexibility index (Phi) is 5.02. The highest BCUT2D eigenvalue weighted by atomic mass is 31.2. The summed E-state index contributed by atoms with van der Waals surface area (Å²) in [7, 11) is -2.74. The predicted molar refractivity (Wildman–Crippen MR) is 104 cm³/mol. The lowest BCUT2D eigenvalue weighted by molar-refractivity contribution is 0.570. The first-order valence-electron chi connectivity index (χ1n) is 8.40. The van der Waals surface area contributed by atoms with Crippen LogP contribution in [0.2, 0.25) is 0 Å². The SMILES string of the molecule is C[C@H](c1ccccc1)[C@H](C)P(=O)(c1ccccc1)c1ccccc1. The van der Waals surface area contributed by atoms with Gasteiger partial charge in [-0.25, -0.2) is 0 Å². The molecule has 0 aliphatic heterocycles. The molecule has 2 heteroatoms. The highest BCUT2D eigenvalue weighted by molar-refractivity contribution is 7.79. The van der Waals surface area contributed by atoms with Crippen LogP contribution >= 0.6 is 7.14 Å². The van der Waals surface area contributed by atoms with E-state index < -0.39 is 7.14 Å². The summed E-state index contributed by atoms with van der Waals surface area (Å²) in [6, 6.07) is 30.2. The van der Waals surface area contributed by atoms with Gasteiger partial charge in [-0.05, 0) is 11.5 Å². The molecule has 122 valence electrons. The van der Waals surface area contributed by atoms with Crippen molar-refractivity contribution in [3.8, 4) is 0 Å². The van der Waals surface area contributed by atoms with Crippen molar-refractivity contribution in [2.24, 2.45) is 0 Å². The van der Waals surface area contributed by atoms with E-state index in [1.165, 1.54) is 5.56 Å². The fourth-order valence-electron chi connectivity index (χ4n) is 3.27. The van der Waals surface area contributed by atoms with Crippen LogP contribution in [0.4, 0.5) is 0 Å². The highest BCUT2D eigenvalue weighted by Gasteiger charge is 2.37. The van der Waals surface area contributed by atoms with Crippen molar-refractivity contribution < 1.29 is 4.57 Å². The van der Waals surface area contributed by atoms with Crippen LogP contribution in [0.3, 0.4) is 0 Å². The lowest BCUT2D eigenvalue weighted by Gasteiger charge is -2.30. The van der Waals surface area contributed by atoms with Crippen LogP contribution in [0, 0.1) is 0 Å². The molecule has 0 unspecified atom stereocenters. The Labute approximate surface area is 144 Å². The van der Waals surface area contributed by atoms with Gasteiger partial charge in [0.2, 0.25) is 0 Å². The maximum atomic E-state index is 14.3. The summed E-state index contributed by atoms with van der Waals surface area (Å²) < 4.78 is 14.3. The Morgan fingerprint density at radius 1 is 0.625 bits per heavy atom. The molecule has 3 aromatic rings. The molecule has 0 spiro atoms. The van der Waals surface area contributed by atoms with E-state index in [-0.39, 0.29) is 11.6 Å². The molecule has 0 aliphatic carbocycles. The first-order valence-corrected chi connectivity index (χ1v) is 10.2. The topological polar surface area (TPSA) is 17.1 Å². The van der Waals surface area contributed by atoms with Crippen LogP contribution in [0.5, 0.6) is 0 Å². The maximum Gasteiger partial charge on any atom is 0.146 e. The standard InChI is InChI=1S/C22H23OP/c1-18(20-12-6-3-7-13-20)19(2)24(23,21-14-8-4-9-15-21)22-16-10-5-11-17-22/h3-19H,1-2H3/t18-,19-/m0/s1. The fourth-order valence-corrected chi connectivity index (χ4v) is 6.54. The lowest BCUT2D eigenvalue weighted by atomic mass is 9.98. The van der Waals surface area contributed by atoms with E-state index in [1.54, 1.807) is 0 Å². The Balaban J connectivity index is 2.11. The van der Waals surface area contributed by atoms with E-state index in [4.69, 9.17) is 0 Å². The third-order valence-electron chi connectivity index (χ3n) is 4.90. The second kappa shape index (κ2) is 7.20. The molecule has 0 heterocycles. The molecule has 0 aromatic heterocycles. The summed E-state index contributed by atoms with van der Waals surface area (Å²) in [6.07, 6.45) is 0. The van der Waals surface area contributed by atoms with Crippen LogP contribution in [-0.2, 0) is 4.57 Å². The largest absolute Gasteiger partial charge is 0.313 e. The van der Waals surface area contributed by atoms with Gasteiger partial charge >= 0.3 is 0 Å². The fraction of sp³-hybridized carbons (Fsp3) is 0.182. The molecular formula is C22H23OP. The molecule has 0 amide bonds. The monoisotopic (exact) mass is 334 g/mol. The quantitative estimate of drug-likeness (QED) is 0.587. The van der Waals surface area contributed by atoms with Gasteiger partial charge in [0.15, 0.2) is 0 Å². The molecule has 3 aromatic carbocycles. The summed E-state index contributed by atoms with van der Waals surface area (Å²) >= 11 is 0. The minimum absolute atomic E-state index is 0.0182. The summed E-state index contributed by atoms with van der Waals surface area (Å²) in [4.78, 5) is 0. The third-order valence-corrected chi connectivity index (χ3v) is 8.63. The van der Waals surface area contributed by atoms with Crippen LogP contribution in [0.25, 0.3) is 0 Å². The molecule has 0 saturated heterocycles. The molecule has 0 N–H and O–H groups in total. The molecule has 2 atom stereocenters. The van der Waals surface area contributed by atoms with Gasteiger partial charge in [-0.15, -0.1) is 0 Å². The van der Waals surface area contributed by atoms with E-state index in [0.29, 0.717) is 0 Å². The minimum Gasteiger partial charge on any atom is -0.313 e. The smallest absolute Gasteiger partial charge is 0.146 e. The second-order valence-electron chi connectivity index (χ2n) is 6.27. The number of hydrogen-bond acceptors (Lipinski definition) is 1. The highest BCUT2D eigenvalue weighted by Crippen LogP contribution is 2.53. The van der Waals surface area contributed by atoms with Gasteiger partial charge in [-0.3, -0.25) is 0 Å². The summed E-state index contributed by atoms with van der Waals surface area (Å²) in [5.74, 6) is 0.206. The second-order valence-corrected chi connectivity index (χ2v) is 9.43. The van der Waals surface area contributed by atoms with Gasteiger partial charge < -0.3 is 4.57 Å². The zero-order valence-corrected chi connectivity index (χ0v) is 15.1. The molecular weight excluding hydrogens is 311 g/mol. The van der Waals surface area contributed by atoms with Gasteiger partial charge in [0.25, 0.3) is 0 Å². The van der Waals surface area contributed by atoms with E-state index in [0.717, 1.165) is 10.6 Å². The van der Waals surface area contributed by atoms with Crippen molar-refractivity contribution in [3.05, 3.63) is 96.6 Å². The Morgan fingerprint density at radius 2 is 1.00 bits per heavy atom. The van der Waals surface area contributed by atoms with Crippen molar-refractivity contribution >= 4 is 17.8 Å². The van der Waals surface area contributed by atoms with Crippen molar-refractivity contribution in [1.29, 1.82) is 0 Å². The molecule has 0 aliphatic rings.